The lowest BCUT2D eigenvalue weighted by Gasteiger charge is -2.17. The molecule has 3 rings (SSSR count). The first-order chi connectivity index (χ1) is 10.5. The zero-order chi connectivity index (χ0) is 15.9. The van der Waals surface area contributed by atoms with Crippen LogP contribution >= 0.6 is 0 Å². The number of carboxylic acids is 1. The molecule has 112 valence electrons. The second-order valence-corrected chi connectivity index (χ2v) is 5.64. The van der Waals surface area contributed by atoms with Crippen molar-refractivity contribution >= 4 is 17.6 Å². The van der Waals surface area contributed by atoms with E-state index in [1.807, 2.05) is 37.3 Å². The van der Waals surface area contributed by atoms with Crippen molar-refractivity contribution in [2.45, 2.75) is 26.3 Å². The van der Waals surface area contributed by atoms with E-state index in [0.717, 1.165) is 27.9 Å². The minimum Gasteiger partial charge on any atom is -0.481 e. The highest BCUT2D eigenvalue weighted by atomic mass is 16.4. The van der Waals surface area contributed by atoms with E-state index in [9.17, 15) is 9.59 Å². The number of carbonyl (C=O) groups excluding carboxylic acids is 1. The van der Waals surface area contributed by atoms with Crippen molar-refractivity contribution < 1.29 is 14.7 Å². The van der Waals surface area contributed by atoms with Crippen LogP contribution in [0, 0.1) is 6.92 Å². The molecule has 0 aromatic heterocycles. The van der Waals surface area contributed by atoms with E-state index in [1.54, 1.807) is 24.0 Å². The summed E-state index contributed by atoms with van der Waals surface area (Å²) in [6.45, 7) is 4.22. The Morgan fingerprint density at radius 1 is 1.18 bits per heavy atom. The summed E-state index contributed by atoms with van der Waals surface area (Å²) >= 11 is 0. The number of hydrogen-bond acceptors (Lipinski definition) is 2. The number of aliphatic carboxylic acids is 1. The van der Waals surface area contributed by atoms with Crippen LogP contribution in [0.3, 0.4) is 0 Å². The van der Waals surface area contributed by atoms with Crippen LogP contribution in [-0.2, 0) is 11.3 Å². The van der Waals surface area contributed by atoms with Gasteiger partial charge in [-0.25, -0.2) is 0 Å². The van der Waals surface area contributed by atoms with Crippen molar-refractivity contribution in [3.8, 4) is 0 Å². The van der Waals surface area contributed by atoms with E-state index < -0.39 is 11.9 Å². The fourth-order valence-electron chi connectivity index (χ4n) is 2.78. The van der Waals surface area contributed by atoms with Crippen molar-refractivity contribution in [3.63, 3.8) is 0 Å². The Kier molecular flexibility index (Phi) is 3.45. The largest absolute Gasteiger partial charge is 0.481 e. The maximum Gasteiger partial charge on any atom is 0.310 e. The molecule has 0 saturated heterocycles. The second-order valence-electron chi connectivity index (χ2n) is 5.64. The SMILES string of the molecule is Cc1cccc2c1CN(c1ccc(C(C)C(=O)O)cc1)C2=O. The minimum absolute atomic E-state index is 0.00210. The first kappa shape index (κ1) is 14.3. The van der Waals surface area contributed by atoms with E-state index >= 15 is 0 Å². The molecule has 2 aromatic carbocycles. The van der Waals surface area contributed by atoms with Gasteiger partial charge in [-0.2, -0.15) is 0 Å². The number of rotatable bonds is 3. The maximum atomic E-state index is 12.5. The summed E-state index contributed by atoms with van der Waals surface area (Å²) in [5.74, 6) is -1.41. The molecule has 1 aliphatic heterocycles. The predicted octanol–water partition coefficient (Wildman–Crippen LogP) is 3.34. The number of fused-ring (bicyclic) bond motifs is 1. The van der Waals surface area contributed by atoms with Crippen LogP contribution in [0.25, 0.3) is 0 Å². The number of carbonyl (C=O) groups is 2. The number of nitrogens with zero attached hydrogens (tertiary/aromatic N) is 1. The maximum absolute atomic E-state index is 12.5. The Labute approximate surface area is 129 Å². The number of aryl methyl sites for hydroxylation is 1. The lowest BCUT2D eigenvalue weighted by molar-refractivity contribution is -0.138. The molecule has 4 nitrogen and oxygen atoms in total. The second kappa shape index (κ2) is 5.30. The Morgan fingerprint density at radius 3 is 2.45 bits per heavy atom. The van der Waals surface area contributed by atoms with Crippen LogP contribution in [0.1, 0.15) is 39.9 Å². The first-order valence-corrected chi connectivity index (χ1v) is 7.22. The van der Waals surface area contributed by atoms with E-state index in [0.29, 0.717) is 6.54 Å². The molecule has 0 radical (unpaired) electrons. The lowest BCUT2D eigenvalue weighted by atomic mass is 10.0. The fourth-order valence-corrected chi connectivity index (χ4v) is 2.78. The van der Waals surface area contributed by atoms with Gasteiger partial charge in [0.25, 0.3) is 5.91 Å². The van der Waals surface area contributed by atoms with Gasteiger partial charge in [-0.3, -0.25) is 9.59 Å². The molecule has 22 heavy (non-hydrogen) atoms. The number of hydrogen-bond donors (Lipinski definition) is 1. The van der Waals surface area contributed by atoms with Gasteiger partial charge in [0.2, 0.25) is 0 Å². The van der Waals surface area contributed by atoms with Crippen molar-refractivity contribution in [1.29, 1.82) is 0 Å². The quantitative estimate of drug-likeness (QED) is 0.944. The molecule has 0 fully saturated rings. The standard InChI is InChI=1S/C18H17NO3/c1-11-4-3-5-15-16(11)10-19(17(15)20)14-8-6-13(7-9-14)12(2)18(21)22/h3-9,12H,10H2,1-2H3,(H,21,22). The monoisotopic (exact) mass is 295 g/mol. The molecule has 1 aliphatic rings. The molecule has 1 amide bonds. The minimum atomic E-state index is -0.854. The molecule has 1 N–H and O–H groups in total. The number of anilines is 1. The summed E-state index contributed by atoms with van der Waals surface area (Å²) in [6.07, 6.45) is 0. The zero-order valence-corrected chi connectivity index (χ0v) is 12.5. The molecule has 2 aromatic rings. The molecule has 1 atom stereocenters. The highest BCUT2D eigenvalue weighted by Crippen LogP contribution is 2.31. The van der Waals surface area contributed by atoms with Crippen LogP contribution in [0.5, 0.6) is 0 Å². The van der Waals surface area contributed by atoms with Crippen molar-refractivity contribution in [3.05, 3.63) is 64.7 Å². The number of carboxylic acid groups (broad SMARTS) is 1. The summed E-state index contributed by atoms with van der Waals surface area (Å²) in [6, 6.07) is 12.9. The van der Waals surface area contributed by atoms with Gasteiger partial charge in [-0.05, 0) is 48.7 Å². The van der Waals surface area contributed by atoms with E-state index in [4.69, 9.17) is 5.11 Å². The summed E-state index contributed by atoms with van der Waals surface area (Å²) in [5, 5.41) is 9.04. The normalized spacial score (nSPS) is 14.8. The van der Waals surface area contributed by atoms with Gasteiger partial charge >= 0.3 is 5.97 Å². The average molecular weight is 295 g/mol. The number of benzene rings is 2. The molecule has 0 spiro atoms. The molecule has 0 saturated carbocycles. The zero-order valence-electron chi connectivity index (χ0n) is 12.5. The van der Waals surface area contributed by atoms with Gasteiger partial charge in [-0.1, -0.05) is 24.3 Å². The van der Waals surface area contributed by atoms with E-state index in [2.05, 4.69) is 0 Å². The third-order valence-corrected chi connectivity index (χ3v) is 4.28. The molecule has 1 heterocycles. The van der Waals surface area contributed by atoms with Crippen molar-refractivity contribution in [2.24, 2.45) is 0 Å². The van der Waals surface area contributed by atoms with Crippen LogP contribution < -0.4 is 4.90 Å². The fraction of sp³-hybridized carbons (Fsp3) is 0.222. The highest BCUT2D eigenvalue weighted by Gasteiger charge is 2.29. The third-order valence-electron chi connectivity index (χ3n) is 4.28. The van der Waals surface area contributed by atoms with Crippen LogP contribution in [-0.4, -0.2) is 17.0 Å². The van der Waals surface area contributed by atoms with Gasteiger partial charge in [-0.15, -0.1) is 0 Å². The number of amides is 1. The first-order valence-electron chi connectivity index (χ1n) is 7.22. The third kappa shape index (κ3) is 2.26. The van der Waals surface area contributed by atoms with E-state index in [1.165, 1.54) is 0 Å². The Bertz CT molecular complexity index is 749. The highest BCUT2D eigenvalue weighted by molar-refractivity contribution is 6.10. The molecule has 0 aliphatic carbocycles. The molecular formula is C18H17NO3. The summed E-state index contributed by atoms with van der Waals surface area (Å²) in [4.78, 5) is 25.3. The summed E-state index contributed by atoms with van der Waals surface area (Å²) in [5.41, 5.74) is 4.46. The molecule has 4 heteroatoms. The van der Waals surface area contributed by atoms with Gasteiger partial charge in [0.15, 0.2) is 0 Å². The Balaban J connectivity index is 1.89. The van der Waals surface area contributed by atoms with Crippen LogP contribution in [0.15, 0.2) is 42.5 Å². The Morgan fingerprint density at radius 2 is 1.86 bits per heavy atom. The van der Waals surface area contributed by atoms with Crippen LogP contribution in [0.2, 0.25) is 0 Å². The van der Waals surface area contributed by atoms with Gasteiger partial charge in [0.05, 0.1) is 12.5 Å². The van der Waals surface area contributed by atoms with Crippen molar-refractivity contribution in [2.75, 3.05) is 4.90 Å². The topological polar surface area (TPSA) is 57.6 Å². The lowest BCUT2D eigenvalue weighted by Crippen LogP contribution is -2.23. The average Bonchev–Trinajstić information content (AvgIpc) is 2.85. The molecular weight excluding hydrogens is 278 g/mol. The van der Waals surface area contributed by atoms with Crippen LogP contribution in [0.4, 0.5) is 5.69 Å². The predicted molar refractivity (Wildman–Crippen MR) is 84.2 cm³/mol. The summed E-state index contributed by atoms with van der Waals surface area (Å²) in [7, 11) is 0. The van der Waals surface area contributed by atoms with Gasteiger partial charge < -0.3 is 10.0 Å². The van der Waals surface area contributed by atoms with E-state index in [-0.39, 0.29) is 5.91 Å². The Hall–Kier alpha value is -2.62. The molecule has 0 bridgehead atoms. The molecule has 1 unspecified atom stereocenters. The smallest absolute Gasteiger partial charge is 0.310 e. The summed E-state index contributed by atoms with van der Waals surface area (Å²) < 4.78 is 0. The van der Waals surface area contributed by atoms with Gasteiger partial charge in [0, 0.05) is 11.3 Å². The van der Waals surface area contributed by atoms with Gasteiger partial charge in [0.1, 0.15) is 0 Å². The van der Waals surface area contributed by atoms with Crippen molar-refractivity contribution in [1.82, 2.24) is 0 Å².